The first-order valence-electron chi connectivity index (χ1n) is 11.2. The van der Waals surface area contributed by atoms with Gasteiger partial charge in [-0.05, 0) is 31.2 Å². The van der Waals surface area contributed by atoms with Gasteiger partial charge < -0.3 is 24.4 Å². The van der Waals surface area contributed by atoms with E-state index >= 15 is 0 Å². The second-order valence-electron chi connectivity index (χ2n) is 8.58. The Morgan fingerprint density at radius 3 is 2.76 bits per heavy atom. The number of rotatable bonds is 5. The standard InChI is InChI=1S/C26H31N3O5/c1-17-14-29(18(2)16-30)26(32)23-12-21(10-9-20-7-6-8-22(11-20)33-5)13-27-25(23)34-24(17)15-28(4)19(3)31/h6-8,11-13,17-18,24,30H,14-16H2,1-5H3/t17-,18+,24+/m0/s1. The number of nitrogens with zero attached hydrogens (tertiary/aromatic N) is 3. The minimum absolute atomic E-state index is 0.0779. The van der Waals surface area contributed by atoms with Crippen LogP contribution in [0.5, 0.6) is 11.6 Å². The molecule has 0 aliphatic carbocycles. The maximum absolute atomic E-state index is 13.4. The zero-order chi connectivity index (χ0) is 24.8. The maximum Gasteiger partial charge on any atom is 0.259 e. The quantitative estimate of drug-likeness (QED) is 0.681. The number of benzene rings is 1. The first-order chi connectivity index (χ1) is 16.2. The lowest BCUT2D eigenvalue weighted by molar-refractivity contribution is -0.129. The lowest BCUT2D eigenvalue weighted by Gasteiger charge is -2.37. The van der Waals surface area contributed by atoms with Gasteiger partial charge in [0.25, 0.3) is 5.91 Å². The van der Waals surface area contributed by atoms with Crippen LogP contribution in [0, 0.1) is 17.8 Å². The molecule has 34 heavy (non-hydrogen) atoms. The molecule has 0 fully saturated rings. The van der Waals surface area contributed by atoms with Crippen LogP contribution in [-0.2, 0) is 4.79 Å². The second kappa shape index (κ2) is 11.0. The van der Waals surface area contributed by atoms with Gasteiger partial charge >= 0.3 is 0 Å². The Labute approximate surface area is 200 Å². The Morgan fingerprint density at radius 1 is 1.35 bits per heavy atom. The Hall–Kier alpha value is -3.57. The van der Waals surface area contributed by atoms with Crippen LogP contribution < -0.4 is 9.47 Å². The Morgan fingerprint density at radius 2 is 2.09 bits per heavy atom. The average Bonchev–Trinajstić information content (AvgIpc) is 2.84. The number of aliphatic hydroxyl groups is 1. The van der Waals surface area contributed by atoms with E-state index in [1.807, 2.05) is 31.2 Å². The number of aromatic nitrogens is 1. The summed E-state index contributed by atoms with van der Waals surface area (Å²) in [6.07, 6.45) is 1.19. The van der Waals surface area contributed by atoms with Gasteiger partial charge in [0.15, 0.2) is 0 Å². The van der Waals surface area contributed by atoms with Crippen molar-refractivity contribution in [2.75, 3.05) is 33.9 Å². The van der Waals surface area contributed by atoms with Crippen LogP contribution >= 0.6 is 0 Å². The molecule has 1 aromatic heterocycles. The van der Waals surface area contributed by atoms with Gasteiger partial charge in [-0.15, -0.1) is 0 Å². The van der Waals surface area contributed by atoms with Crippen molar-refractivity contribution in [1.82, 2.24) is 14.8 Å². The van der Waals surface area contributed by atoms with Gasteiger partial charge in [0.1, 0.15) is 17.4 Å². The van der Waals surface area contributed by atoms with Gasteiger partial charge in [-0.3, -0.25) is 9.59 Å². The number of hydrogen-bond acceptors (Lipinski definition) is 6. The summed E-state index contributed by atoms with van der Waals surface area (Å²) in [5.74, 6) is 6.56. The van der Waals surface area contributed by atoms with Crippen molar-refractivity contribution in [3.8, 4) is 23.5 Å². The van der Waals surface area contributed by atoms with Crippen molar-refractivity contribution in [1.29, 1.82) is 0 Å². The van der Waals surface area contributed by atoms with E-state index in [4.69, 9.17) is 9.47 Å². The number of pyridine rings is 1. The van der Waals surface area contributed by atoms with E-state index in [0.717, 1.165) is 5.56 Å². The molecule has 2 amide bonds. The molecule has 2 aromatic rings. The Bertz CT molecular complexity index is 1110. The zero-order valence-electron chi connectivity index (χ0n) is 20.2. The Kier molecular flexibility index (Phi) is 8.13. The van der Waals surface area contributed by atoms with Crippen LogP contribution in [0.15, 0.2) is 36.5 Å². The van der Waals surface area contributed by atoms with Crippen molar-refractivity contribution in [2.45, 2.75) is 32.9 Å². The minimum atomic E-state index is -0.390. The fraction of sp³-hybridized carbons (Fsp3) is 0.423. The third-order valence-corrected chi connectivity index (χ3v) is 5.93. The predicted octanol–water partition coefficient (Wildman–Crippen LogP) is 2.19. The molecule has 0 spiro atoms. The highest BCUT2D eigenvalue weighted by Crippen LogP contribution is 2.27. The second-order valence-corrected chi connectivity index (χ2v) is 8.58. The number of amides is 2. The Balaban J connectivity index is 2.00. The van der Waals surface area contributed by atoms with Gasteiger partial charge in [0, 0.05) is 43.8 Å². The zero-order valence-corrected chi connectivity index (χ0v) is 20.2. The van der Waals surface area contributed by atoms with E-state index in [2.05, 4.69) is 16.8 Å². The van der Waals surface area contributed by atoms with E-state index in [-0.39, 0.29) is 41.9 Å². The van der Waals surface area contributed by atoms with Gasteiger partial charge in [-0.25, -0.2) is 4.98 Å². The molecule has 0 radical (unpaired) electrons. The molecule has 2 heterocycles. The summed E-state index contributed by atoms with van der Waals surface area (Å²) in [4.78, 5) is 32.9. The molecule has 180 valence electrons. The van der Waals surface area contributed by atoms with E-state index in [0.29, 0.717) is 24.4 Å². The van der Waals surface area contributed by atoms with E-state index in [9.17, 15) is 14.7 Å². The summed E-state index contributed by atoms with van der Waals surface area (Å²) in [5.41, 5.74) is 1.60. The molecule has 1 aliphatic heterocycles. The lowest BCUT2D eigenvalue weighted by atomic mass is 10.00. The summed E-state index contributed by atoms with van der Waals surface area (Å²) >= 11 is 0. The number of aliphatic hydroxyl groups excluding tert-OH is 1. The van der Waals surface area contributed by atoms with Crippen LogP contribution in [0.2, 0.25) is 0 Å². The third kappa shape index (κ3) is 5.86. The number of carbonyl (C=O) groups excluding carboxylic acids is 2. The maximum atomic E-state index is 13.4. The minimum Gasteiger partial charge on any atom is -0.497 e. The smallest absolute Gasteiger partial charge is 0.259 e. The summed E-state index contributed by atoms with van der Waals surface area (Å²) in [6.45, 7) is 5.80. The molecular formula is C26H31N3O5. The molecule has 0 saturated carbocycles. The number of fused-ring (bicyclic) bond motifs is 1. The largest absolute Gasteiger partial charge is 0.497 e. The van der Waals surface area contributed by atoms with Crippen LogP contribution in [0.1, 0.15) is 42.3 Å². The highest BCUT2D eigenvalue weighted by molar-refractivity contribution is 5.97. The third-order valence-electron chi connectivity index (χ3n) is 5.93. The van der Waals surface area contributed by atoms with Crippen molar-refractivity contribution in [2.24, 2.45) is 5.92 Å². The van der Waals surface area contributed by atoms with Gasteiger partial charge in [0.05, 0.1) is 26.3 Å². The summed E-state index contributed by atoms with van der Waals surface area (Å²) < 4.78 is 11.4. The SMILES string of the molecule is COc1cccc(C#Cc2cnc3c(c2)C(=O)N([C@H](C)CO)C[C@H](C)[C@@H](CN(C)C(C)=O)O3)c1. The number of ether oxygens (including phenoxy) is 2. The molecule has 0 bridgehead atoms. The molecule has 0 saturated heterocycles. The highest BCUT2D eigenvalue weighted by atomic mass is 16.5. The molecule has 1 aromatic carbocycles. The van der Waals surface area contributed by atoms with Crippen LogP contribution in [0.25, 0.3) is 0 Å². The fourth-order valence-corrected chi connectivity index (χ4v) is 3.63. The van der Waals surface area contributed by atoms with Crippen molar-refractivity contribution < 1.29 is 24.2 Å². The number of likely N-dealkylation sites (N-methyl/N-ethyl adjacent to an activating group) is 1. The van der Waals surface area contributed by atoms with E-state index in [1.165, 1.54) is 6.92 Å². The van der Waals surface area contributed by atoms with Crippen molar-refractivity contribution in [3.05, 3.63) is 53.2 Å². The van der Waals surface area contributed by atoms with Crippen LogP contribution in [-0.4, -0.2) is 77.7 Å². The monoisotopic (exact) mass is 465 g/mol. The molecule has 1 N–H and O–H groups in total. The van der Waals surface area contributed by atoms with E-state index in [1.54, 1.807) is 43.1 Å². The molecule has 8 heteroatoms. The van der Waals surface area contributed by atoms with Gasteiger partial charge in [0.2, 0.25) is 11.8 Å². The fourth-order valence-electron chi connectivity index (χ4n) is 3.63. The first-order valence-corrected chi connectivity index (χ1v) is 11.2. The van der Waals surface area contributed by atoms with Crippen LogP contribution in [0.4, 0.5) is 0 Å². The normalized spacial score (nSPS) is 18.4. The lowest BCUT2D eigenvalue weighted by Crippen LogP contribution is -2.50. The summed E-state index contributed by atoms with van der Waals surface area (Å²) in [6, 6.07) is 8.66. The van der Waals surface area contributed by atoms with Gasteiger partial charge in [-0.2, -0.15) is 0 Å². The average molecular weight is 466 g/mol. The molecule has 3 atom stereocenters. The molecular weight excluding hydrogens is 434 g/mol. The van der Waals surface area contributed by atoms with Crippen molar-refractivity contribution in [3.63, 3.8) is 0 Å². The number of methoxy groups -OCH3 is 1. The first kappa shape index (κ1) is 25.1. The van der Waals surface area contributed by atoms with Gasteiger partial charge in [-0.1, -0.05) is 24.8 Å². The molecule has 8 nitrogen and oxygen atoms in total. The predicted molar refractivity (Wildman–Crippen MR) is 128 cm³/mol. The summed E-state index contributed by atoms with van der Waals surface area (Å²) in [7, 11) is 3.31. The highest BCUT2D eigenvalue weighted by Gasteiger charge is 2.34. The van der Waals surface area contributed by atoms with Crippen LogP contribution in [0.3, 0.4) is 0 Å². The van der Waals surface area contributed by atoms with Crippen molar-refractivity contribution >= 4 is 11.8 Å². The summed E-state index contributed by atoms with van der Waals surface area (Å²) in [5, 5.41) is 9.77. The topological polar surface area (TPSA) is 92.2 Å². The van der Waals surface area contributed by atoms with E-state index < -0.39 is 6.04 Å². The number of carbonyl (C=O) groups is 2. The molecule has 3 rings (SSSR count). The molecule has 0 unspecified atom stereocenters. The molecule has 1 aliphatic rings. The number of hydrogen-bond donors (Lipinski definition) is 1.